The zero-order valence-corrected chi connectivity index (χ0v) is 15.2. The SMILES string of the molecule is COc1ccc([N+](=O)[O-])cc1S(=O)(=O)N1CCC(C)CC1CN.Cl. The molecule has 0 saturated carbocycles. The minimum absolute atomic E-state index is 0. The number of nitro groups is 1. The second kappa shape index (κ2) is 8.11. The summed E-state index contributed by atoms with van der Waals surface area (Å²) >= 11 is 0. The monoisotopic (exact) mass is 379 g/mol. The molecular weight excluding hydrogens is 358 g/mol. The predicted octanol–water partition coefficient (Wildman–Crippen LogP) is 1.77. The first-order valence-corrected chi connectivity index (χ1v) is 8.79. The molecule has 0 amide bonds. The van der Waals surface area contributed by atoms with Crippen molar-refractivity contribution >= 4 is 28.1 Å². The summed E-state index contributed by atoms with van der Waals surface area (Å²) in [6, 6.07) is 3.25. The molecule has 2 N–H and O–H groups in total. The van der Waals surface area contributed by atoms with Crippen LogP contribution >= 0.6 is 12.4 Å². The van der Waals surface area contributed by atoms with Crippen LogP contribution in [0.2, 0.25) is 0 Å². The van der Waals surface area contributed by atoms with Crippen LogP contribution in [0, 0.1) is 16.0 Å². The van der Waals surface area contributed by atoms with E-state index < -0.39 is 14.9 Å². The Balaban J connectivity index is 0.00000288. The van der Waals surface area contributed by atoms with Gasteiger partial charge in [0.15, 0.2) is 0 Å². The zero-order valence-electron chi connectivity index (χ0n) is 13.5. The van der Waals surface area contributed by atoms with E-state index in [2.05, 4.69) is 6.92 Å². The van der Waals surface area contributed by atoms with E-state index in [1.165, 1.54) is 23.5 Å². The van der Waals surface area contributed by atoms with E-state index >= 15 is 0 Å². The van der Waals surface area contributed by atoms with Gasteiger partial charge in [0.2, 0.25) is 10.0 Å². The number of rotatable bonds is 5. The van der Waals surface area contributed by atoms with E-state index in [9.17, 15) is 18.5 Å². The number of piperidine rings is 1. The third kappa shape index (κ3) is 3.97. The Hall–Kier alpha value is -1.42. The van der Waals surface area contributed by atoms with Crippen molar-refractivity contribution in [3.8, 4) is 5.75 Å². The number of halogens is 1. The van der Waals surface area contributed by atoms with E-state index in [4.69, 9.17) is 10.5 Å². The number of nitrogens with two attached hydrogens (primary N) is 1. The van der Waals surface area contributed by atoms with E-state index in [-0.39, 0.29) is 41.3 Å². The van der Waals surface area contributed by atoms with Gasteiger partial charge in [0.05, 0.1) is 12.0 Å². The maximum Gasteiger partial charge on any atom is 0.271 e. The molecule has 2 unspecified atom stereocenters. The van der Waals surface area contributed by atoms with Crippen LogP contribution in [0.5, 0.6) is 5.75 Å². The van der Waals surface area contributed by atoms with Crippen LogP contribution in [0.1, 0.15) is 19.8 Å². The number of sulfonamides is 1. The summed E-state index contributed by atoms with van der Waals surface area (Å²) in [5, 5.41) is 11.0. The number of hydrogen-bond donors (Lipinski definition) is 1. The third-order valence-electron chi connectivity index (χ3n) is 4.14. The van der Waals surface area contributed by atoms with Crippen molar-refractivity contribution in [1.82, 2.24) is 4.31 Å². The number of nitrogens with zero attached hydrogens (tertiary/aromatic N) is 2. The molecule has 2 atom stereocenters. The molecule has 0 aromatic heterocycles. The Morgan fingerprint density at radius 3 is 2.67 bits per heavy atom. The second-order valence-electron chi connectivity index (χ2n) is 5.73. The van der Waals surface area contributed by atoms with Gasteiger partial charge in [0.1, 0.15) is 10.6 Å². The number of methoxy groups -OCH3 is 1. The standard InChI is InChI=1S/C14H21N3O5S.ClH/c1-10-5-6-16(12(7-10)9-15)23(20,21)14-8-11(17(18)19)3-4-13(14)22-2;/h3-4,8,10,12H,5-7,9,15H2,1-2H3;1H. The number of benzene rings is 1. The van der Waals surface area contributed by atoms with Crippen LogP contribution in [0.4, 0.5) is 5.69 Å². The molecule has 8 nitrogen and oxygen atoms in total. The molecule has 0 radical (unpaired) electrons. The first-order chi connectivity index (χ1) is 10.8. The highest BCUT2D eigenvalue weighted by Gasteiger charge is 2.37. The molecule has 1 heterocycles. The fraction of sp³-hybridized carbons (Fsp3) is 0.571. The molecule has 0 bridgehead atoms. The van der Waals surface area contributed by atoms with Crippen molar-refractivity contribution in [3.63, 3.8) is 0 Å². The van der Waals surface area contributed by atoms with Gasteiger partial charge in [-0.25, -0.2) is 8.42 Å². The molecule has 0 aliphatic carbocycles. The van der Waals surface area contributed by atoms with Gasteiger partial charge in [-0.2, -0.15) is 4.31 Å². The van der Waals surface area contributed by atoms with Crippen molar-refractivity contribution in [3.05, 3.63) is 28.3 Å². The third-order valence-corrected chi connectivity index (χ3v) is 6.11. The Bertz CT molecular complexity index is 698. The van der Waals surface area contributed by atoms with Crippen LogP contribution in [0.15, 0.2) is 23.1 Å². The van der Waals surface area contributed by atoms with Gasteiger partial charge < -0.3 is 10.5 Å². The normalized spacial score (nSPS) is 21.8. The minimum Gasteiger partial charge on any atom is -0.495 e. The lowest BCUT2D eigenvalue weighted by Gasteiger charge is -2.37. The Morgan fingerprint density at radius 1 is 1.46 bits per heavy atom. The van der Waals surface area contributed by atoms with Gasteiger partial charge in [-0.3, -0.25) is 10.1 Å². The Labute approximate surface area is 147 Å². The van der Waals surface area contributed by atoms with Gasteiger partial charge in [-0.15, -0.1) is 12.4 Å². The largest absolute Gasteiger partial charge is 0.495 e. The summed E-state index contributed by atoms with van der Waals surface area (Å²) in [4.78, 5) is 10.1. The topological polar surface area (TPSA) is 116 Å². The Kier molecular flexibility index (Phi) is 6.97. The predicted molar refractivity (Wildman–Crippen MR) is 92.0 cm³/mol. The van der Waals surface area contributed by atoms with E-state index in [1.807, 2.05) is 0 Å². The number of hydrogen-bond acceptors (Lipinski definition) is 6. The lowest BCUT2D eigenvalue weighted by atomic mass is 9.94. The highest BCUT2D eigenvalue weighted by atomic mass is 35.5. The second-order valence-corrected chi connectivity index (χ2v) is 7.59. The van der Waals surface area contributed by atoms with Crippen LogP contribution in [0.3, 0.4) is 0 Å². The average molecular weight is 380 g/mol. The van der Waals surface area contributed by atoms with Gasteiger partial charge in [-0.05, 0) is 24.8 Å². The lowest BCUT2D eigenvalue weighted by molar-refractivity contribution is -0.385. The minimum atomic E-state index is -3.92. The van der Waals surface area contributed by atoms with E-state index in [1.54, 1.807) is 0 Å². The molecule has 1 saturated heterocycles. The highest BCUT2D eigenvalue weighted by molar-refractivity contribution is 7.89. The first-order valence-electron chi connectivity index (χ1n) is 7.35. The molecule has 0 spiro atoms. The zero-order chi connectivity index (χ0) is 17.2. The molecule has 2 rings (SSSR count). The quantitative estimate of drug-likeness (QED) is 0.615. The molecule has 1 aromatic carbocycles. The van der Waals surface area contributed by atoms with Crippen molar-refractivity contribution in [2.24, 2.45) is 11.7 Å². The summed E-state index contributed by atoms with van der Waals surface area (Å²) in [5.74, 6) is 0.479. The fourth-order valence-corrected chi connectivity index (χ4v) is 4.71. The van der Waals surface area contributed by atoms with Crippen molar-refractivity contribution in [1.29, 1.82) is 0 Å². The van der Waals surface area contributed by atoms with Gasteiger partial charge in [-0.1, -0.05) is 6.92 Å². The summed E-state index contributed by atoms with van der Waals surface area (Å²) in [5.41, 5.74) is 5.44. The molecule has 10 heteroatoms. The fourth-order valence-electron chi connectivity index (χ4n) is 2.87. The molecular formula is C14H22ClN3O5S. The molecule has 136 valence electrons. The Morgan fingerprint density at radius 2 is 2.12 bits per heavy atom. The van der Waals surface area contributed by atoms with E-state index in [0.29, 0.717) is 18.9 Å². The number of non-ortho nitro benzene ring substituents is 1. The summed E-state index contributed by atoms with van der Waals surface area (Å²) in [6.07, 6.45) is 1.40. The van der Waals surface area contributed by atoms with Crippen LogP contribution in [0.25, 0.3) is 0 Å². The number of nitro benzene ring substituents is 1. The molecule has 1 aromatic rings. The molecule has 1 aliphatic heterocycles. The van der Waals surface area contributed by atoms with Gasteiger partial charge >= 0.3 is 0 Å². The summed E-state index contributed by atoms with van der Waals surface area (Å²) < 4.78 is 32.4. The van der Waals surface area contributed by atoms with Gasteiger partial charge in [0, 0.05) is 31.3 Å². The maximum absolute atomic E-state index is 13.0. The summed E-state index contributed by atoms with van der Waals surface area (Å²) in [6.45, 7) is 2.61. The van der Waals surface area contributed by atoms with Crippen molar-refractivity contribution in [2.45, 2.75) is 30.7 Å². The maximum atomic E-state index is 13.0. The van der Waals surface area contributed by atoms with Crippen molar-refractivity contribution < 1.29 is 18.1 Å². The number of ether oxygens (including phenoxy) is 1. The smallest absolute Gasteiger partial charge is 0.271 e. The van der Waals surface area contributed by atoms with Gasteiger partial charge in [0.25, 0.3) is 5.69 Å². The molecule has 1 aliphatic rings. The highest BCUT2D eigenvalue weighted by Crippen LogP contribution is 2.34. The van der Waals surface area contributed by atoms with Crippen LogP contribution in [-0.4, -0.2) is 43.9 Å². The van der Waals surface area contributed by atoms with Crippen LogP contribution < -0.4 is 10.5 Å². The molecule has 24 heavy (non-hydrogen) atoms. The first kappa shape index (κ1) is 20.6. The van der Waals surface area contributed by atoms with Crippen LogP contribution in [-0.2, 0) is 10.0 Å². The van der Waals surface area contributed by atoms with E-state index in [0.717, 1.165) is 12.5 Å². The van der Waals surface area contributed by atoms with Crippen molar-refractivity contribution in [2.75, 3.05) is 20.2 Å². The summed E-state index contributed by atoms with van der Waals surface area (Å²) in [7, 11) is -2.59. The lowest BCUT2D eigenvalue weighted by Crippen LogP contribution is -2.49. The average Bonchev–Trinajstić information content (AvgIpc) is 2.53. The molecule has 1 fully saturated rings.